The third-order valence-electron chi connectivity index (χ3n) is 1.57. The first kappa shape index (κ1) is 8.59. The number of nitrogens with zero attached hydrogens (tertiary/aromatic N) is 1. The fourth-order valence-electron chi connectivity index (χ4n) is 0.871. The topological polar surface area (TPSA) is 64.9 Å². The number of rotatable bonds is 2. The molecule has 0 fully saturated rings. The van der Waals surface area contributed by atoms with E-state index >= 15 is 0 Å². The van der Waals surface area contributed by atoms with Gasteiger partial charge in [0, 0.05) is 30.2 Å². The molecule has 0 radical (unpaired) electrons. The smallest absolute Gasteiger partial charge is 0.0462 e. The highest BCUT2D eigenvalue weighted by Crippen LogP contribution is 2.01. The molecule has 12 heavy (non-hydrogen) atoms. The van der Waals surface area contributed by atoms with E-state index in [2.05, 4.69) is 4.98 Å². The first-order valence-corrected chi connectivity index (χ1v) is 3.80. The van der Waals surface area contributed by atoms with Gasteiger partial charge in [-0.1, -0.05) is 6.07 Å². The first-order valence-electron chi connectivity index (χ1n) is 3.80. The van der Waals surface area contributed by atoms with Gasteiger partial charge in [-0.15, -0.1) is 0 Å². The Morgan fingerprint density at radius 2 is 2.33 bits per heavy atom. The molecule has 1 aromatic heterocycles. The van der Waals surface area contributed by atoms with E-state index < -0.39 is 0 Å². The summed E-state index contributed by atoms with van der Waals surface area (Å²) < 4.78 is 0. The summed E-state index contributed by atoms with van der Waals surface area (Å²) in [6.45, 7) is 2.00. The van der Waals surface area contributed by atoms with Crippen molar-refractivity contribution in [3.05, 3.63) is 41.5 Å². The number of hydrogen-bond donors (Lipinski definition) is 2. The van der Waals surface area contributed by atoms with E-state index in [0.29, 0.717) is 12.1 Å². The van der Waals surface area contributed by atoms with Gasteiger partial charge in [-0.3, -0.25) is 4.98 Å². The van der Waals surface area contributed by atoms with E-state index in [1.54, 1.807) is 0 Å². The van der Waals surface area contributed by atoms with Crippen molar-refractivity contribution in [3.63, 3.8) is 0 Å². The summed E-state index contributed by atoms with van der Waals surface area (Å²) in [6.07, 6.45) is 3.84. The lowest BCUT2D eigenvalue weighted by Crippen LogP contribution is -2.05. The van der Waals surface area contributed by atoms with Crippen molar-refractivity contribution in [2.24, 2.45) is 11.5 Å². The van der Waals surface area contributed by atoms with Crippen LogP contribution in [0.5, 0.6) is 0 Å². The SMILES string of the molecule is Cc1ccc(CC(N)=CN)nc1. The Bertz CT molecular complexity index is 274. The summed E-state index contributed by atoms with van der Waals surface area (Å²) in [6, 6.07) is 3.96. The minimum atomic E-state index is 0.622. The lowest BCUT2D eigenvalue weighted by molar-refractivity contribution is 1.01. The molecule has 0 amide bonds. The van der Waals surface area contributed by atoms with Crippen molar-refractivity contribution in [1.82, 2.24) is 4.98 Å². The van der Waals surface area contributed by atoms with E-state index in [-0.39, 0.29) is 0 Å². The van der Waals surface area contributed by atoms with Crippen LogP contribution in [0.3, 0.4) is 0 Å². The number of pyridine rings is 1. The maximum absolute atomic E-state index is 5.54. The van der Waals surface area contributed by atoms with Gasteiger partial charge in [0.25, 0.3) is 0 Å². The standard InChI is InChI=1S/C9H13N3/c1-7-2-3-9(12-6-7)4-8(11)5-10/h2-3,5-6H,4,10-11H2,1H3. The largest absolute Gasteiger partial charge is 0.403 e. The van der Waals surface area contributed by atoms with Crippen LogP contribution in [-0.2, 0) is 6.42 Å². The summed E-state index contributed by atoms with van der Waals surface area (Å²) in [5, 5.41) is 0. The average molecular weight is 163 g/mol. The Balaban J connectivity index is 2.71. The van der Waals surface area contributed by atoms with E-state index in [1.165, 1.54) is 6.20 Å². The van der Waals surface area contributed by atoms with Crippen molar-refractivity contribution < 1.29 is 0 Å². The summed E-state index contributed by atoms with van der Waals surface area (Å²) in [5.74, 6) is 0. The number of nitrogens with two attached hydrogens (primary N) is 2. The van der Waals surface area contributed by atoms with Crippen LogP contribution in [0, 0.1) is 6.92 Å². The van der Waals surface area contributed by atoms with Gasteiger partial charge in [-0.25, -0.2) is 0 Å². The van der Waals surface area contributed by atoms with E-state index in [4.69, 9.17) is 11.5 Å². The Hall–Kier alpha value is -1.51. The van der Waals surface area contributed by atoms with Gasteiger partial charge in [-0.2, -0.15) is 0 Å². The number of aromatic nitrogens is 1. The second-order valence-electron chi connectivity index (χ2n) is 2.75. The Kier molecular flexibility index (Phi) is 2.69. The third kappa shape index (κ3) is 2.27. The molecular formula is C9H13N3. The molecule has 0 aromatic carbocycles. The second-order valence-corrected chi connectivity index (χ2v) is 2.75. The molecule has 0 unspecified atom stereocenters. The van der Waals surface area contributed by atoms with Gasteiger partial charge in [0.15, 0.2) is 0 Å². The summed E-state index contributed by atoms with van der Waals surface area (Å²) in [7, 11) is 0. The van der Waals surface area contributed by atoms with Gasteiger partial charge in [0.1, 0.15) is 0 Å². The van der Waals surface area contributed by atoms with Crippen LogP contribution in [-0.4, -0.2) is 4.98 Å². The van der Waals surface area contributed by atoms with Crippen molar-refractivity contribution >= 4 is 0 Å². The van der Waals surface area contributed by atoms with Crippen LogP contribution >= 0.6 is 0 Å². The van der Waals surface area contributed by atoms with Gasteiger partial charge in [-0.05, 0) is 18.6 Å². The number of aryl methyl sites for hydroxylation is 1. The van der Waals surface area contributed by atoms with Crippen molar-refractivity contribution in [3.8, 4) is 0 Å². The highest BCUT2D eigenvalue weighted by molar-refractivity contribution is 5.16. The Morgan fingerprint density at radius 3 is 2.83 bits per heavy atom. The zero-order chi connectivity index (χ0) is 8.97. The predicted molar refractivity (Wildman–Crippen MR) is 49.1 cm³/mol. The molecular weight excluding hydrogens is 150 g/mol. The van der Waals surface area contributed by atoms with Gasteiger partial charge < -0.3 is 11.5 Å². The highest BCUT2D eigenvalue weighted by Gasteiger charge is 1.94. The lowest BCUT2D eigenvalue weighted by atomic mass is 10.2. The molecule has 0 atom stereocenters. The molecule has 0 aliphatic heterocycles. The molecule has 0 saturated heterocycles. The van der Waals surface area contributed by atoms with Crippen molar-refractivity contribution in [1.29, 1.82) is 0 Å². The monoisotopic (exact) mass is 163 g/mol. The molecule has 3 heteroatoms. The maximum atomic E-state index is 5.54. The first-order chi connectivity index (χ1) is 5.72. The minimum absolute atomic E-state index is 0.622. The molecule has 0 spiro atoms. The van der Waals surface area contributed by atoms with E-state index in [9.17, 15) is 0 Å². The van der Waals surface area contributed by atoms with Crippen LogP contribution < -0.4 is 11.5 Å². The van der Waals surface area contributed by atoms with Crippen LogP contribution in [0.25, 0.3) is 0 Å². The minimum Gasteiger partial charge on any atom is -0.403 e. The lowest BCUT2D eigenvalue weighted by Gasteiger charge is -1.99. The van der Waals surface area contributed by atoms with Crippen LogP contribution in [0.2, 0.25) is 0 Å². The third-order valence-corrected chi connectivity index (χ3v) is 1.57. The molecule has 0 bridgehead atoms. The molecule has 1 rings (SSSR count). The quantitative estimate of drug-likeness (QED) is 0.674. The predicted octanol–water partition coefficient (Wildman–Crippen LogP) is 0.691. The Labute approximate surface area is 72.1 Å². The van der Waals surface area contributed by atoms with Crippen LogP contribution in [0.15, 0.2) is 30.2 Å². The fraction of sp³-hybridized carbons (Fsp3) is 0.222. The van der Waals surface area contributed by atoms with Crippen molar-refractivity contribution in [2.45, 2.75) is 13.3 Å². The summed E-state index contributed by atoms with van der Waals surface area (Å²) in [5.41, 5.74) is 13.5. The summed E-state index contributed by atoms with van der Waals surface area (Å²) in [4.78, 5) is 4.19. The second kappa shape index (κ2) is 3.76. The highest BCUT2D eigenvalue weighted by atomic mass is 14.7. The van der Waals surface area contributed by atoms with Crippen molar-refractivity contribution in [2.75, 3.05) is 0 Å². The normalized spacial score (nSPS) is 11.6. The molecule has 3 nitrogen and oxygen atoms in total. The van der Waals surface area contributed by atoms with Gasteiger partial charge >= 0.3 is 0 Å². The van der Waals surface area contributed by atoms with E-state index in [0.717, 1.165) is 11.3 Å². The molecule has 0 aliphatic rings. The molecule has 4 N–H and O–H groups in total. The molecule has 1 aromatic rings. The Morgan fingerprint density at radius 1 is 1.58 bits per heavy atom. The fourth-order valence-corrected chi connectivity index (χ4v) is 0.871. The molecule has 0 saturated carbocycles. The molecule has 0 aliphatic carbocycles. The zero-order valence-electron chi connectivity index (χ0n) is 7.12. The summed E-state index contributed by atoms with van der Waals surface area (Å²) >= 11 is 0. The number of hydrogen-bond acceptors (Lipinski definition) is 3. The van der Waals surface area contributed by atoms with Gasteiger partial charge in [0.05, 0.1) is 0 Å². The molecule has 1 heterocycles. The van der Waals surface area contributed by atoms with Gasteiger partial charge in [0.2, 0.25) is 0 Å². The zero-order valence-corrected chi connectivity index (χ0v) is 7.12. The number of allylic oxidation sites excluding steroid dienone is 1. The van der Waals surface area contributed by atoms with E-state index in [1.807, 2.05) is 25.3 Å². The van der Waals surface area contributed by atoms with Crippen LogP contribution in [0.4, 0.5) is 0 Å². The maximum Gasteiger partial charge on any atom is 0.0462 e. The average Bonchev–Trinajstić information content (AvgIpc) is 2.09. The molecule has 64 valence electrons. The van der Waals surface area contributed by atoms with Crippen LogP contribution in [0.1, 0.15) is 11.3 Å².